The normalized spacial score (nSPS) is 12.8. The summed E-state index contributed by atoms with van der Waals surface area (Å²) in [7, 11) is -1.67. The molecule has 0 aliphatic carbocycles. The van der Waals surface area contributed by atoms with Crippen LogP contribution >= 0.6 is 11.3 Å². The second-order valence-corrected chi connectivity index (χ2v) is 9.39. The van der Waals surface area contributed by atoms with Crippen LogP contribution in [0.15, 0.2) is 52.4 Å². The molecule has 6 nitrogen and oxygen atoms in total. The molecule has 0 spiro atoms. The summed E-state index contributed by atoms with van der Waals surface area (Å²) in [5.41, 5.74) is 2.52. The van der Waals surface area contributed by atoms with E-state index in [2.05, 4.69) is 11.1 Å². The first kappa shape index (κ1) is 20.4. The number of fused-ring (bicyclic) bond motifs is 1. The summed E-state index contributed by atoms with van der Waals surface area (Å²) in [4.78, 5) is 17.6. The number of sulfonamides is 1. The van der Waals surface area contributed by atoms with E-state index in [1.165, 1.54) is 39.9 Å². The van der Waals surface area contributed by atoms with Crippen LogP contribution in [0.25, 0.3) is 10.2 Å². The zero-order chi connectivity index (χ0) is 20.5. The fourth-order valence-corrected chi connectivity index (χ4v) is 5.55. The fourth-order valence-electron chi connectivity index (χ4n) is 2.98. The number of hydrogen-bond acceptors (Lipinski definition) is 4. The summed E-state index contributed by atoms with van der Waals surface area (Å²) in [6.45, 7) is 6.41. The van der Waals surface area contributed by atoms with Crippen LogP contribution in [-0.2, 0) is 17.1 Å². The monoisotopic (exact) mass is 417 g/mol. The molecule has 3 rings (SSSR count). The first-order chi connectivity index (χ1) is 13.3. The Bertz CT molecular complexity index is 1190. The first-order valence-corrected chi connectivity index (χ1v) is 11.3. The molecule has 2 aromatic carbocycles. The van der Waals surface area contributed by atoms with Gasteiger partial charge in [0.2, 0.25) is 10.0 Å². The SMILES string of the molecule is CCN(CC)S(=O)(=O)c1ccc(C(=O)N=c2sc3cc(C)ccc3n2C)cc1. The van der Waals surface area contributed by atoms with Crippen molar-refractivity contribution in [1.82, 2.24) is 8.87 Å². The van der Waals surface area contributed by atoms with E-state index in [0.717, 1.165) is 15.8 Å². The Labute approximate surface area is 168 Å². The van der Waals surface area contributed by atoms with Gasteiger partial charge in [-0.1, -0.05) is 31.3 Å². The first-order valence-electron chi connectivity index (χ1n) is 9.03. The number of aryl methyl sites for hydroxylation is 2. The molecule has 3 aromatic rings. The van der Waals surface area contributed by atoms with Crippen molar-refractivity contribution in [2.75, 3.05) is 13.1 Å². The van der Waals surface area contributed by atoms with E-state index in [4.69, 9.17) is 0 Å². The predicted molar refractivity (Wildman–Crippen MR) is 112 cm³/mol. The molecule has 0 unspecified atom stereocenters. The highest BCUT2D eigenvalue weighted by molar-refractivity contribution is 7.89. The zero-order valence-electron chi connectivity index (χ0n) is 16.3. The molecule has 0 atom stereocenters. The van der Waals surface area contributed by atoms with Crippen LogP contribution in [0.5, 0.6) is 0 Å². The molecule has 0 aliphatic rings. The van der Waals surface area contributed by atoms with E-state index in [1.54, 1.807) is 13.8 Å². The summed E-state index contributed by atoms with van der Waals surface area (Å²) >= 11 is 1.45. The third kappa shape index (κ3) is 3.80. The molecule has 0 bridgehead atoms. The Morgan fingerprint density at radius 1 is 1.11 bits per heavy atom. The highest BCUT2D eigenvalue weighted by Gasteiger charge is 2.21. The van der Waals surface area contributed by atoms with Gasteiger partial charge in [-0.25, -0.2) is 8.42 Å². The number of rotatable bonds is 5. The highest BCUT2D eigenvalue weighted by Crippen LogP contribution is 2.19. The maximum Gasteiger partial charge on any atom is 0.279 e. The lowest BCUT2D eigenvalue weighted by Gasteiger charge is -2.18. The van der Waals surface area contributed by atoms with Crippen LogP contribution in [0.4, 0.5) is 0 Å². The molecule has 1 aromatic heterocycles. The number of aromatic nitrogens is 1. The number of hydrogen-bond donors (Lipinski definition) is 0. The van der Waals surface area contributed by atoms with Gasteiger partial charge in [-0.05, 0) is 48.9 Å². The van der Waals surface area contributed by atoms with Crippen molar-refractivity contribution >= 4 is 37.5 Å². The van der Waals surface area contributed by atoms with E-state index in [1.807, 2.05) is 30.7 Å². The average molecular weight is 418 g/mol. The number of carbonyl (C=O) groups excluding carboxylic acids is 1. The predicted octanol–water partition coefficient (Wildman–Crippen LogP) is 3.32. The minimum atomic E-state index is -3.54. The number of nitrogens with zero attached hydrogens (tertiary/aromatic N) is 3. The molecule has 8 heteroatoms. The molecule has 0 saturated carbocycles. The minimum absolute atomic E-state index is 0.177. The quantitative estimate of drug-likeness (QED) is 0.639. The van der Waals surface area contributed by atoms with Crippen LogP contribution in [0, 0.1) is 6.92 Å². The molecule has 0 radical (unpaired) electrons. The second-order valence-electron chi connectivity index (χ2n) is 6.45. The van der Waals surface area contributed by atoms with Gasteiger partial charge >= 0.3 is 0 Å². The molecule has 0 N–H and O–H groups in total. The highest BCUT2D eigenvalue weighted by atomic mass is 32.2. The maximum atomic E-state index is 12.6. The van der Waals surface area contributed by atoms with Crippen LogP contribution < -0.4 is 4.80 Å². The van der Waals surface area contributed by atoms with Gasteiger partial charge in [-0.2, -0.15) is 9.30 Å². The fraction of sp³-hybridized carbons (Fsp3) is 0.300. The lowest BCUT2D eigenvalue weighted by Crippen LogP contribution is -2.30. The molecule has 148 valence electrons. The maximum absolute atomic E-state index is 12.6. The number of thiazole rings is 1. The Morgan fingerprint density at radius 3 is 2.36 bits per heavy atom. The summed E-state index contributed by atoms with van der Waals surface area (Å²) < 4.78 is 29.4. The lowest BCUT2D eigenvalue weighted by atomic mass is 10.2. The Balaban J connectivity index is 1.94. The second kappa shape index (κ2) is 7.98. The van der Waals surface area contributed by atoms with E-state index < -0.39 is 15.9 Å². The van der Waals surface area contributed by atoms with Crippen molar-refractivity contribution in [2.45, 2.75) is 25.7 Å². The van der Waals surface area contributed by atoms with E-state index in [9.17, 15) is 13.2 Å². The molecule has 28 heavy (non-hydrogen) atoms. The Hall–Kier alpha value is -2.29. The third-order valence-corrected chi connectivity index (χ3v) is 7.77. The molecule has 1 heterocycles. The summed E-state index contributed by atoms with van der Waals surface area (Å²) in [6.07, 6.45) is 0. The molecular formula is C20H23N3O3S2. The zero-order valence-corrected chi connectivity index (χ0v) is 18.0. The number of benzene rings is 2. The van der Waals surface area contributed by atoms with E-state index in [0.29, 0.717) is 23.5 Å². The van der Waals surface area contributed by atoms with Gasteiger partial charge < -0.3 is 4.57 Å². The van der Waals surface area contributed by atoms with Crippen molar-refractivity contribution in [1.29, 1.82) is 0 Å². The van der Waals surface area contributed by atoms with Crippen LogP contribution in [0.3, 0.4) is 0 Å². The Morgan fingerprint density at radius 2 is 1.75 bits per heavy atom. The standard InChI is InChI=1S/C20H23N3O3S2/c1-5-23(6-2)28(25,26)16-10-8-15(9-11-16)19(24)21-20-22(4)17-12-7-14(3)13-18(17)27-20/h7-13H,5-6H2,1-4H3. The van der Waals surface area contributed by atoms with E-state index in [-0.39, 0.29) is 4.90 Å². The molecule has 1 amide bonds. The van der Waals surface area contributed by atoms with Gasteiger partial charge in [0.15, 0.2) is 4.80 Å². The van der Waals surface area contributed by atoms with Gasteiger partial charge in [0.25, 0.3) is 5.91 Å². The van der Waals surface area contributed by atoms with Gasteiger partial charge in [-0.3, -0.25) is 4.79 Å². The largest absolute Gasteiger partial charge is 0.319 e. The van der Waals surface area contributed by atoms with Gasteiger partial charge in [0.05, 0.1) is 15.1 Å². The number of carbonyl (C=O) groups is 1. The smallest absolute Gasteiger partial charge is 0.279 e. The van der Waals surface area contributed by atoms with Crippen molar-refractivity contribution < 1.29 is 13.2 Å². The van der Waals surface area contributed by atoms with Crippen LogP contribution in [0.2, 0.25) is 0 Å². The number of amides is 1. The minimum Gasteiger partial charge on any atom is -0.319 e. The molecule has 0 aliphatic heterocycles. The Kier molecular flexibility index (Phi) is 5.83. The van der Waals surface area contributed by atoms with Crippen molar-refractivity contribution in [3.63, 3.8) is 0 Å². The van der Waals surface area contributed by atoms with Gasteiger partial charge in [0, 0.05) is 25.7 Å². The molecular weight excluding hydrogens is 394 g/mol. The van der Waals surface area contributed by atoms with Crippen molar-refractivity contribution in [2.24, 2.45) is 12.0 Å². The van der Waals surface area contributed by atoms with Crippen LogP contribution in [0.1, 0.15) is 29.8 Å². The third-order valence-electron chi connectivity index (χ3n) is 4.61. The average Bonchev–Trinajstić information content (AvgIpc) is 2.97. The topological polar surface area (TPSA) is 71.7 Å². The summed E-state index contributed by atoms with van der Waals surface area (Å²) in [5.74, 6) is -0.398. The van der Waals surface area contributed by atoms with Gasteiger partial charge in [-0.15, -0.1) is 0 Å². The van der Waals surface area contributed by atoms with Crippen molar-refractivity contribution in [3.05, 3.63) is 58.4 Å². The van der Waals surface area contributed by atoms with Crippen molar-refractivity contribution in [3.8, 4) is 0 Å². The summed E-state index contributed by atoms with van der Waals surface area (Å²) in [6, 6.07) is 12.1. The summed E-state index contributed by atoms with van der Waals surface area (Å²) in [5, 5.41) is 0. The van der Waals surface area contributed by atoms with E-state index >= 15 is 0 Å². The lowest BCUT2D eigenvalue weighted by molar-refractivity contribution is 0.0998. The van der Waals surface area contributed by atoms with Crippen LogP contribution in [-0.4, -0.2) is 36.3 Å². The molecule has 0 fully saturated rings. The molecule has 0 saturated heterocycles. The van der Waals surface area contributed by atoms with Gasteiger partial charge in [0.1, 0.15) is 0 Å².